The minimum atomic E-state index is -0.565. The lowest BCUT2D eigenvalue weighted by Gasteiger charge is -2.35. The molecule has 0 radical (unpaired) electrons. The van der Waals surface area contributed by atoms with E-state index in [1.54, 1.807) is 0 Å². The number of para-hydroxylation sites is 3. The van der Waals surface area contributed by atoms with E-state index in [1.807, 2.05) is 0 Å². The van der Waals surface area contributed by atoms with E-state index in [0.717, 1.165) is 61.2 Å². The summed E-state index contributed by atoms with van der Waals surface area (Å²) in [6, 6.07) is 93.2. The summed E-state index contributed by atoms with van der Waals surface area (Å²) in [7, 11) is 0. The van der Waals surface area contributed by atoms with Gasteiger partial charge in [-0.25, -0.2) is 0 Å². The van der Waals surface area contributed by atoms with Gasteiger partial charge in [0.25, 0.3) is 0 Å². The fourth-order valence-corrected chi connectivity index (χ4v) is 11.6. The molecule has 0 spiro atoms. The zero-order valence-corrected chi connectivity index (χ0v) is 37.1. The van der Waals surface area contributed by atoms with Gasteiger partial charge in [-0.05, 0) is 116 Å². The Morgan fingerprint density at radius 3 is 1.68 bits per heavy atom. The molecule has 0 N–H and O–H groups in total. The molecule has 2 aromatic heterocycles. The number of furan rings is 1. The molecular weight excluding hydrogens is 825 g/mol. The summed E-state index contributed by atoms with van der Waals surface area (Å²) in [5.74, 6) is 0. The molecule has 318 valence electrons. The average Bonchev–Trinajstić information content (AvgIpc) is 4.05. The molecule has 1 aliphatic carbocycles. The van der Waals surface area contributed by atoms with Crippen molar-refractivity contribution in [3.05, 3.63) is 277 Å². The molecule has 0 aliphatic heterocycles. The van der Waals surface area contributed by atoms with Crippen LogP contribution in [-0.2, 0) is 5.41 Å². The summed E-state index contributed by atoms with van der Waals surface area (Å²) in [5.41, 5.74) is 17.6. The van der Waals surface area contributed by atoms with Crippen LogP contribution in [0.4, 0.5) is 17.1 Å². The highest BCUT2D eigenvalue weighted by Gasteiger charge is 2.46. The van der Waals surface area contributed by atoms with E-state index < -0.39 is 5.41 Å². The lowest BCUT2D eigenvalue weighted by Crippen LogP contribution is -2.28. The Bertz CT molecular complexity index is 4010. The Morgan fingerprint density at radius 1 is 0.353 bits per heavy atom. The quantitative estimate of drug-likeness (QED) is 0.159. The van der Waals surface area contributed by atoms with Gasteiger partial charge < -0.3 is 13.9 Å². The highest BCUT2D eigenvalue weighted by Crippen LogP contribution is 2.58. The average molecular weight is 867 g/mol. The summed E-state index contributed by atoms with van der Waals surface area (Å²) in [4.78, 5) is 2.48. The fourth-order valence-electron chi connectivity index (χ4n) is 11.6. The van der Waals surface area contributed by atoms with Crippen molar-refractivity contribution in [2.75, 3.05) is 4.90 Å². The maximum absolute atomic E-state index is 6.69. The van der Waals surface area contributed by atoms with E-state index in [4.69, 9.17) is 4.42 Å². The van der Waals surface area contributed by atoms with Crippen molar-refractivity contribution in [1.29, 1.82) is 0 Å². The molecule has 1 aliphatic rings. The lowest BCUT2D eigenvalue weighted by atomic mass is 9.67. The van der Waals surface area contributed by atoms with E-state index in [1.165, 1.54) is 60.6 Å². The Labute approximate surface area is 394 Å². The third-order valence-electron chi connectivity index (χ3n) is 14.4. The SMILES string of the molecule is c1ccc(C2(c3ccccc3)c3ccccc3-c3ccc(N(c4cccc(-n5c6ccccc6c6ccccc65)c4)c4ccccc4-c4cccc5oc6cc7ccccc7cc6c45)cc32)cc1. The summed E-state index contributed by atoms with van der Waals surface area (Å²) < 4.78 is 9.10. The van der Waals surface area contributed by atoms with Crippen molar-refractivity contribution >= 4 is 71.6 Å². The van der Waals surface area contributed by atoms with Gasteiger partial charge in [0.15, 0.2) is 0 Å². The second-order valence-electron chi connectivity index (χ2n) is 18.0. The third kappa shape index (κ3) is 5.60. The van der Waals surface area contributed by atoms with Crippen LogP contribution in [0.1, 0.15) is 22.3 Å². The number of hydrogen-bond acceptors (Lipinski definition) is 2. The van der Waals surface area contributed by atoms with Crippen LogP contribution in [0.15, 0.2) is 259 Å². The van der Waals surface area contributed by atoms with Crippen LogP contribution >= 0.6 is 0 Å². The first-order chi connectivity index (χ1) is 33.7. The first-order valence-corrected chi connectivity index (χ1v) is 23.4. The maximum Gasteiger partial charge on any atom is 0.136 e. The molecule has 14 rings (SSSR count). The highest BCUT2D eigenvalue weighted by molar-refractivity contribution is 6.17. The standard InChI is InChI=1S/C65H42N2O/c1-3-21-45(22-4-1)65(46-23-5-2-6-24-46)57-32-13-9-27-50(57)51-38-37-49(42-58(51)65)66(47-25-17-26-48(41-47)67-60-34-15-10-28-52(60)53-29-11-16-35-61(53)67)59-33-14-12-30-54(59)55-31-18-36-62-64(55)56-39-43-19-7-8-20-44(43)40-63(56)68-62/h1-42H. The number of aromatic nitrogens is 1. The van der Waals surface area contributed by atoms with Crippen molar-refractivity contribution in [1.82, 2.24) is 4.57 Å². The maximum atomic E-state index is 6.69. The third-order valence-corrected chi connectivity index (χ3v) is 14.4. The van der Waals surface area contributed by atoms with Crippen molar-refractivity contribution in [2.24, 2.45) is 0 Å². The molecular formula is C65H42N2O. The van der Waals surface area contributed by atoms with E-state index in [2.05, 4.69) is 264 Å². The van der Waals surface area contributed by atoms with Gasteiger partial charge in [-0.15, -0.1) is 0 Å². The molecule has 3 nitrogen and oxygen atoms in total. The number of hydrogen-bond donors (Lipinski definition) is 0. The minimum Gasteiger partial charge on any atom is -0.456 e. The fraction of sp³-hybridized carbons (Fsp3) is 0.0154. The predicted octanol–water partition coefficient (Wildman–Crippen LogP) is 17.3. The van der Waals surface area contributed by atoms with Gasteiger partial charge in [0, 0.05) is 44.2 Å². The summed E-state index contributed by atoms with van der Waals surface area (Å²) in [5, 5.41) is 7.04. The van der Waals surface area contributed by atoms with Crippen molar-refractivity contribution in [3.8, 4) is 27.9 Å². The van der Waals surface area contributed by atoms with Crippen LogP contribution in [0.25, 0.3) is 82.5 Å². The summed E-state index contributed by atoms with van der Waals surface area (Å²) in [6.45, 7) is 0. The molecule has 2 heterocycles. The normalized spacial score (nSPS) is 12.8. The van der Waals surface area contributed by atoms with E-state index in [9.17, 15) is 0 Å². The van der Waals surface area contributed by atoms with Crippen molar-refractivity contribution < 1.29 is 4.42 Å². The molecule has 0 fully saturated rings. The van der Waals surface area contributed by atoms with Gasteiger partial charge in [-0.1, -0.05) is 188 Å². The molecule has 0 atom stereocenters. The number of anilines is 3. The monoisotopic (exact) mass is 866 g/mol. The predicted molar refractivity (Wildman–Crippen MR) is 283 cm³/mol. The largest absolute Gasteiger partial charge is 0.456 e. The number of benzene rings is 11. The number of fused-ring (bicyclic) bond motifs is 10. The van der Waals surface area contributed by atoms with Gasteiger partial charge in [0.1, 0.15) is 11.2 Å². The first-order valence-electron chi connectivity index (χ1n) is 23.4. The molecule has 0 saturated heterocycles. The minimum absolute atomic E-state index is 0.565. The van der Waals surface area contributed by atoms with Gasteiger partial charge in [0.05, 0.1) is 22.1 Å². The molecule has 13 aromatic rings. The smallest absolute Gasteiger partial charge is 0.136 e. The second kappa shape index (κ2) is 15.1. The van der Waals surface area contributed by atoms with Crippen LogP contribution in [0.5, 0.6) is 0 Å². The zero-order chi connectivity index (χ0) is 44.8. The number of rotatable bonds is 7. The van der Waals surface area contributed by atoms with E-state index in [-0.39, 0.29) is 0 Å². The van der Waals surface area contributed by atoms with E-state index >= 15 is 0 Å². The van der Waals surface area contributed by atoms with Crippen LogP contribution in [-0.4, -0.2) is 4.57 Å². The molecule has 11 aromatic carbocycles. The molecule has 68 heavy (non-hydrogen) atoms. The van der Waals surface area contributed by atoms with Crippen molar-refractivity contribution in [2.45, 2.75) is 5.41 Å². The van der Waals surface area contributed by atoms with Crippen LogP contribution in [0, 0.1) is 0 Å². The van der Waals surface area contributed by atoms with Crippen molar-refractivity contribution in [3.63, 3.8) is 0 Å². The molecule has 0 unspecified atom stereocenters. The van der Waals surface area contributed by atoms with Gasteiger partial charge in [-0.2, -0.15) is 0 Å². The Balaban J connectivity index is 1.06. The van der Waals surface area contributed by atoms with E-state index in [0.29, 0.717) is 0 Å². The topological polar surface area (TPSA) is 21.3 Å². The zero-order valence-electron chi connectivity index (χ0n) is 37.1. The summed E-state index contributed by atoms with van der Waals surface area (Å²) >= 11 is 0. The second-order valence-corrected chi connectivity index (χ2v) is 18.0. The van der Waals surface area contributed by atoms with Crippen LogP contribution in [0.2, 0.25) is 0 Å². The van der Waals surface area contributed by atoms with Gasteiger partial charge in [0.2, 0.25) is 0 Å². The highest BCUT2D eigenvalue weighted by atomic mass is 16.3. The molecule has 0 bridgehead atoms. The van der Waals surface area contributed by atoms with Crippen LogP contribution in [0.3, 0.4) is 0 Å². The molecule has 0 saturated carbocycles. The molecule has 0 amide bonds. The Kier molecular flexibility index (Phi) is 8.50. The first kappa shape index (κ1) is 38.4. The van der Waals surface area contributed by atoms with Gasteiger partial charge in [-0.3, -0.25) is 0 Å². The Morgan fingerprint density at radius 2 is 0.926 bits per heavy atom. The Hall–Kier alpha value is -8.92. The van der Waals surface area contributed by atoms with Gasteiger partial charge >= 0.3 is 0 Å². The summed E-state index contributed by atoms with van der Waals surface area (Å²) in [6.07, 6.45) is 0. The number of nitrogens with zero attached hydrogens (tertiary/aromatic N) is 2. The van der Waals surface area contributed by atoms with Crippen LogP contribution < -0.4 is 4.90 Å². The molecule has 3 heteroatoms. The lowest BCUT2D eigenvalue weighted by molar-refractivity contribution is 0.669.